The Bertz CT molecular complexity index is 1030. The first-order chi connectivity index (χ1) is 12.9. The van der Waals surface area contributed by atoms with Crippen LogP contribution in [0.15, 0.2) is 40.9 Å². The summed E-state index contributed by atoms with van der Waals surface area (Å²) in [4.78, 5) is 12.6. The molecular formula is C19H20BrFN4OS. The molecule has 0 fully saturated rings. The van der Waals surface area contributed by atoms with E-state index in [1.165, 1.54) is 12.1 Å². The quantitative estimate of drug-likeness (QED) is 0.587. The van der Waals surface area contributed by atoms with E-state index >= 15 is 0 Å². The molecule has 1 unspecified atom stereocenters. The topological polar surface area (TPSA) is 50.2 Å². The van der Waals surface area contributed by atoms with Gasteiger partial charge in [0, 0.05) is 23.5 Å². The van der Waals surface area contributed by atoms with Gasteiger partial charge in [0.05, 0.1) is 16.9 Å². The summed E-state index contributed by atoms with van der Waals surface area (Å²) in [7, 11) is 1.37. The summed E-state index contributed by atoms with van der Waals surface area (Å²) in [6, 6.07) is 9.74. The average molecular weight is 451 g/mol. The summed E-state index contributed by atoms with van der Waals surface area (Å²) in [5, 5.41) is 8.00. The fourth-order valence-electron chi connectivity index (χ4n) is 2.95. The van der Waals surface area contributed by atoms with Crippen LogP contribution in [-0.2, 0) is 0 Å². The van der Waals surface area contributed by atoms with Crippen LogP contribution < -0.4 is 9.62 Å². The van der Waals surface area contributed by atoms with Gasteiger partial charge in [-0.15, -0.1) is 10.7 Å². The number of anilines is 1. The minimum absolute atomic E-state index is 0.207. The first-order valence-electron chi connectivity index (χ1n) is 8.31. The highest BCUT2D eigenvalue weighted by molar-refractivity contribution is 9.10. The van der Waals surface area contributed by atoms with Crippen molar-refractivity contribution in [1.29, 1.82) is 0 Å². The summed E-state index contributed by atoms with van der Waals surface area (Å²) in [5.41, 5.74) is 2.67. The molecule has 3 rings (SSSR count). The van der Waals surface area contributed by atoms with Gasteiger partial charge in [0.25, 0.3) is 5.91 Å². The van der Waals surface area contributed by atoms with Gasteiger partial charge < -0.3 is 9.62 Å². The summed E-state index contributed by atoms with van der Waals surface area (Å²) >= 11 is 3.62. The van der Waals surface area contributed by atoms with Crippen molar-refractivity contribution in [3.8, 4) is 5.69 Å². The lowest BCUT2D eigenvalue weighted by atomic mass is 10.1. The first-order valence-corrected chi connectivity index (χ1v) is 10.9. The maximum Gasteiger partial charge on any atom is 0.270 e. The van der Waals surface area contributed by atoms with E-state index in [9.17, 15) is 9.18 Å². The summed E-state index contributed by atoms with van der Waals surface area (Å²) in [5.74, 6) is 3.53. The SMILES string of the molecule is C=S(C)N(CC)c1cc2nn(-c3ccc(F)cc3)c(C(=O)NC)c2cc1Br. The Morgan fingerprint density at radius 2 is 2.04 bits per heavy atom. The molecule has 0 aliphatic rings. The van der Waals surface area contributed by atoms with Crippen molar-refractivity contribution in [2.45, 2.75) is 6.92 Å². The fraction of sp³-hybridized carbons (Fsp3) is 0.211. The van der Waals surface area contributed by atoms with E-state index in [-0.39, 0.29) is 22.4 Å². The maximum absolute atomic E-state index is 13.3. The lowest BCUT2D eigenvalue weighted by molar-refractivity contribution is 0.0957. The molecule has 2 aromatic carbocycles. The van der Waals surface area contributed by atoms with Crippen LogP contribution in [0, 0.1) is 5.82 Å². The van der Waals surface area contributed by atoms with Crippen molar-refractivity contribution in [1.82, 2.24) is 15.1 Å². The van der Waals surface area contributed by atoms with Gasteiger partial charge in [-0.1, -0.05) is 5.87 Å². The minimum atomic E-state index is -0.342. The number of fused-ring (bicyclic) bond motifs is 1. The zero-order chi connectivity index (χ0) is 19.7. The molecule has 0 spiro atoms. The molecular weight excluding hydrogens is 431 g/mol. The molecule has 0 saturated heterocycles. The molecule has 0 radical (unpaired) electrons. The first kappa shape index (κ1) is 19.6. The maximum atomic E-state index is 13.3. The number of carbonyl (C=O) groups is 1. The number of amides is 1. The molecule has 27 heavy (non-hydrogen) atoms. The number of carbonyl (C=O) groups excluding carboxylic acids is 1. The van der Waals surface area contributed by atoms with Crippen LogP contribution >= 0.6 is 26.6 Å². The molecule has 1 N–H and O–H groups in total. The Labute approximate surface area is 168 Å². The van der Waals surface area contributed by atoms with Crippen LogP contribution in [-0.4, -0.2) is 41.4 Å². The lowest BCUT2D eigenvalue weighted by Gasteiger charge is -2.24. The normalized spacial score (nSPS) is 12.2. The Morgan fingerprint density at radius 1 is 1.37 bits per heavy atom. The van der Waals surface area contributed by atoms with Crippen LogP contribution in [0.1, 0.15) is 17.4 Å². The largest absolute Gasteiger partial charge is 0.354 e. The van der Waals surface area contributed by atoms with E-state index in [1.54, 1.807) is 23.9 Å². The third-order valence-electron chi connectivity index (χ3n) is 4.19. The van der Waals surface area contributed by atoms with Gasteiger partial charge in [0.2, 0.25) is 0 Å². The number of hydrogen-bond donors (Lipinski definition) is 1. The molecule has 0 aliphatic carbocycles. The second-order valence-electron chi connectivity index (χ2n) is 5.93. The van der Waals surface area contributed by atoms with Crippen molar-refractivity contribution in [3.63, 3.8) is 0 Å². The molecule has 1 aromatic heterocycles. The highest BCUT2D eigenvalue weighted by Gasteiger charge is 2.21. The van der Waals surface area contributed by atoms with E-state index < -0.39 is 0 Å². The van der Waals surface area contributed by atoms with Gasteiger partial charge in [0.15, 0.2) is 0 Å². The molecule has 0 bridgehead atoms. The van der Waals surface area contributed by atoms with Crippen LogP contribution in [0.4, 0.5) is 10.1 Å². The van der Waals surface area contributed by atoms with Crippen LogP contribution in [0.3, 0.4) is 0 Å². The summed E-state index contributed by atoms with van der Waals surface area (Å²) < 4.78 is 17.9. The number of aromatic nitrogens is 2. The van der Waals surface area contributed by atoms with Gasteiger partial charge in [-0.3, -0.25) is 4.79 Å². The van der Waals surface area contributed by atoms with Crippen molar-refractivity contribution < 1.29 is 9.18 Å². The second kappa shape index (κ2) is 7.82. The van der Waals surface area contributed by atoms with E-state index in [2.05, 4.69) is 43.4 Å². The standard InChI is InChI=1S/C19H20BrFN4OS/c1-5-24(27(3)4)17-11-16-14(10-15(17)20)18(19(26)22-2)25(23-16)13-8-6-12(21)7-9-13/h6-11H,3,5H2,1-2,4H3,(H,22,26). The van der Waals surface area contributed by atoms with Gasteiger partial charge in [-0.25, -0.2) is 9.07 Å². The lowest BCUT2D eigenvalue weighted by Crippen LogP contribution is -2.21. The van der Waals surface area contributed by atoms with E-state index in [1.807, 2.05) is 18.4 Å². The van der Waals surface area contributed by atoms with Gasteiger partial charge in [-0.05, 0) is 65.5 Å². The number of nitrogens with one attached hydrogen (secondary N) is 1. The molecule has 0 saturated carbocycles. The van der Waals surface area contributed by atoms with E-state index in [0.29, 0.717) is 22.3 Å². The molecule has 1 heterocycles. The average Bonchev–Trinajstić information content (AvgIpc) is 3.00. The Hall–Kier alpha value is -2.19. The number of halogens is 2. The minimum Gasteiger partial charge on any atom is -0.354 e. The van der Waals surface area contributed by atoms with Crippen LogP contribution in [0.2, 0.25) is 0 Å². The third kappa shape index (κ3) is 3.64. The number of nitrogens with zero attached hydrogens (tertiary/aromatic N) is 3. The van der Waals surface area contributed by atoms with Crippen LogP contribution in [0.25, 0.3) is 16.6 Å². The fourth-order valence-corrected chi connectivity index (χ4v) is 4.55. The highest BCUT2D eigenvalue weighted by atomic mass is 79.9. The van der Waals surface area contributed by atoms with E-state index in [4.69, 9.17) is 0 Å². The molecule has 8 heteroatoms. The summed E-state index contributed by atoms with van der Waals surface area (Å²) in [6.45, 7) is 2.87. The molecule has 3 aromatic rings. The number of benzene rings is 2. The zero-order valence-corrected chi connectivity index (χ0v) is 17.7. The van der Waals surface area contributed by atoms with Crippen molar-refractivity contribution in [3.05, 3.63) is 52.4 Å². The predicted molar refractivity (Wildman–Crippen MR) is 116 cm³/mol. The third-order valence-corrected chi connectivity index (χ3v) is 6.03. The molecule has 5 nitrogen and oxygen atoms in total. The molecule has 1 atom stereocenters. The van der Waals surface area contributed by atoms with Gasteiger partial charge >= 0.3 is 0 Å². The predicted octanol–water partition coefficient (Wildman–Crippen LogP) is 4.36. The highest BCUT2D eigenvalue weighted by Crippen LogP contribution is 2.36. The summed E-state index contributed by atoms with van der Waals surface area (Å²) in [6.07, 6.45) is 2.05. The van der Waals surface area contributed by atoms with Crippen molar-refractivity contribution in [2.75, 3.05) is 24.2 Å². The smallest absolute Gasteiger partial charge is 0.270 e. The molecule has 142 valence electrons. The number of rotatable bonds is 5. The van der Waals surface area contributed by atoms with Crippen molar-refractivity contribution in [2.24, 2.45) is 0 Å². The Kier molecular flexibility index (Phi) is 5.67. The second-order valence-corrected chi connectivity index (χ2v) is 8.43. The number of hydrogen-bond acceptors (Lipinski definition) is 3. The van der Waals surface area contributed by atoms with Gasteiger partial charge in [-0.2, -0.15) is 5.10 Å². The van der Waals surface area contributed by atoms with Crippen LogP contribution in [0.5, 0.6) is 0 Å². The van der Waals surface area contributed by atoms with Gasteiger partial charge in [0.1, 0.15) is 11.5 Å². The monoisotopic (exact) mass is 450 g/mol. The Balaban J connectivity index is 2.29. The Morgan fingerprint density at radius 3 is 2.59 bits per heavy atom. The zero-order valence-electron chi connectivity index (χ0n) is 15.3. The molecule has 0 aliphatic heterocycles. The van der Waals surface area contributed by atoms with Crippen molar-refractivity contribution >= 4 is 55.0 Å². The molecule has 1 amide bonds. The van der Waals surface area contributed by atoms with E-state index in [0.717, 1.165) is 16.7 Å².